The second-order valence-corrected chi connectivity index (χ2v) is 8.15. The summed E-state index contributed by atoms with van der Waals surface area (Å²) in [7, 11) is 0. The van der Waals surface area contributed by atoms with Crippen LogP contribution in [-0.2, 0) is 6.54 Å². The number of benzene rings is 2. The number of nitriles is 1. The predicted octanol–water partition coefficient (Wildman–Crippen LogP) is 5.44. The van der Waals surface area contributed by atoms with E-state index in [4.69, 9.17) is 5.26 Å². The van der Waals surface area contributed by atoms with Crippen LogP contribution in [-0.4, -0.2) is 28.0 Å². The van der Waals surface area contributed by atoms with Gasteiger partial charge in [0.25, 0.3) is 0 Å². The van der Waals surface area contributed by atoms with Crippen molar-refractivity contribution in [3.63, 3.8) is 0 Å². The van der Waals surface area contributed by atoms with E-state index < -0.39 is 0 Å². The largest absolute Gasteiger partial charge is 0.340 e. The first-order valence-electron chi connectivity index (χ1n) is 10.8. The Kier molecular flexibility index (Phi) is 6.44. The molecule has 0 atom stereocenters. The van der Waals surface area contributed by atoms with Gasteiger partial charge in [-0.15, -0.1) is 0 Å². The summed E-state index contributed by atoms with van der Waals surface area (Å²) < 4.78 is 0. The van der Waals surface area contributed by atoms with E-state index in [-0.39, 0.29) is 0 Å². The average molecular weight is 413 g/mol. The molecule has 0 amide bonds. The van der Waals surface area contributed by atoms with Gasteiger partial charge >= 0.3 is 0 Å². The number of anilines is 4. The van der Waals surface area contributed by atoms with Gasteiger partial charge in [-0.05, 0) is 86.8 Å². The number of nitrogens with zero attached hydrogens (tertiary/aromatic N) is 4. The molecule has 6 nitrogen and oxygen atoms in total. The SMILES string of the molecule is Cc1cc(CN2CCCCC2)cc(C)c1Nc1ccnc(Nc2ccc(C#N)cc2)n1. The highest BCUT2D eigenvalue weighted by Gasteiger charge is 2.13. The number of aryl methyl sites for hydroxylation is 2. The van der Waals surface area contributed by atoms with Gasteiger partial charge in [0.15, 0.2) is 0 Å². The van der Waals surface area contributed by atoms with Crippen LogP contribution < -0.4 is 10.6 Å². The fourth-order valence-corrected chi connectivity index (χ4v) is 4.09. The Morgan fingerprint density at radius 3 is 2.35 bits per heavy atom. The average Bonchev–Trinajstić information content (AvgIpc) is 2.78. The summed E-state index contributed by atoms with van der Waals surface area (Å²) in [5.41, 5.74) is 6.35. The molecule has 158 valence electrons. The Balaban J connectivity index is 1.47. The van der Waals surface area contributed by atoms with E-state index in [1.54, 1.807) is 18.3 Å². The molecule has 2 aromatic carbocycles. The molecule has 0 aliphatic carbocycles. The predicted molar refractivity (Wildman–Crippen MR) is 125 cm³/mol. The molecule has 2 heterocycles. The zero-order valence-corrected chi connectivity index (χ0v) is 18.2. The standard InChI is InChI=1S/C25H28N6/c1-18-14-21(17-31-12-4-3-5-13-31)15-19(2)24(18)29-23-10-11-27-25(30-23)28-22-8-6-20(16-26)7-9-22/h6-11,14-15H,3-5,12-13,17H2,1-2H3,(H2,27,28,29,30). The normalized spacial score (nSPS) is 14.1. The molecule has 1 aliphatic heterocycles. The number of aromatic nitrogens is 2. The molecule has 0 radical (unpaired) electrons. The minimum absolute atomic E-state index is 0.506. The van der Waals surface area contributed by atoms with E-state index in [0.29, 0.717) is 11.5 Å². The van der Waals surface area contributed by atoms with E-state index in [9.17, 15) is 0 Å². The highest BCUT2D eigenvalue weighted by Crippen LogP contribution is 2.27. The van der Waals surface area contributed by atoms with E-state index >= 15 is 0 Å². The lowest BCUT2D eigenvalue weighted by Gasteiger charge is -2.27. The van der Waals surface area contributed by atoms with Gasteiger partial charge in [-0.3, -0.25) is 4.90 Å². The van der Waals surface area contributed by atoms with Crippen molar-refractivity contribution in [3.05, 3.63) is 70.9 Å². The topological polar surface area (TPSA) is 76.9 Å². The third-order valence-electron chi connectivity index (χ3n) is 5.63. The van der Waals surface area contributed by atoms with Crippen molar-refractivity contribution in [2.75, 3.05) is 23.7 Å². The second-order valence-electron chi connectivity index (χ2n) is 8.15. The number of rotatable bonds is 6. The molecule has 6 heteroatoms. The van der Waals surface area contributed by atoms with Crippen LogP contribution in [0.4, 0.5) is 23.1 Å². The molecule has 31 heavy (non-hydrogen) atoms. The quantitative estimate of drug-likeness (QED) is 0.561. The molecule has 1 aromatic heterocycles. The van der Waals surface area contributed by atoms with Gasteiger partial charge in [-0.2, -0.15) is 10.2 Å². The molecule has 1 fully saturated rings. The van der Waals surface area contributed by atoms with Crippen molar-refractivity contribution in [3.8, 4) is 6.07 Å². The molecular formula is C25H28N6. The zero-order valence-electron chi connectivity index (χ0n) is 18.2. The molecule has 1 aliphatic rings. The maximum absolute atomic E-state index is 8.93. The highest BCUT2D eigenvalue weighted by molar-refractivity contribution is 5.66. The molecule has 0 saturated carbocycles. The Labute approximate surface area is 184 Å². The smallest absolute Gasteiger partial charge is 0.229 e. The van der Waals surface area contributed by atoms with E-state index in [0.717, 1.165) is 23.7 Å². The van der Waals surface area contributed by atoms with Gasteiger partial charge in [0.2, 0.25) is 5.95 Å². The summed E-state index contributed by atoms with van der Waals surface area (Å²) in [4.78, 5) is 11.5. The van der Waals surface area contributed by atoms with Crippen molar-refractivity contribution in [2.45, 2.75) is 39.7 Å². The van der Waals surface area contributed by atoms with Gasteiger partial charge < -0.3 is 10.6 Å². The van der Waals surface area contributed by atoms with Crippen LogP contribution in [0.25, 0.3) is 0 Å². The van der Waals surface area contributed by atoms with Crippen LogP contribution in [0.15, 0.2) is 48.7 Å². The number of piperidine rings is 1. The lowest BCUT2D eigenvalue weighted by atomic mass is 10.0. The molecule has 0 unspecified atom stereocenters. The first kappa shape index (κ1) is 20.8. The zero-order chi connectivity index (χ0) is 21.6. The van der Waals surface area contributed by atoms with Crippen molar-refractivity contribution in [2.24, 2.45) is 0 Å². The summed E-state index contributed by atoms with van der Waals surface area (Å²) in [6.07, 6.45) is 5.71. The second kappa shape index (κ2) is 9.59. The summed E-state index contributed by atoms with van der Waals surface area (Å²) in [5.74, 6) is 1.24. The molecule has 0 spiro atoms. The Hall–Kier alpha value is -3.43. The Morgan fingerprint density at radius 2 is 1.68 bits per heavy atom. The Morgan fingerprint density at radius 1 is 0.968 bits per heavy atom. The van der Waals surface area contributed by atoms with Gasteiger partial charge in [-0.1, -0.05) is 18.6 Å². The van der Waals surface area contributed by atoms with Crippen LogP contribution in [0.1, 0.15) is 41.5 Å². The lowest BCUT2D eigenvalue weighted by molar-refractivity contribution is 0.221. The number of hydrogen-bond acceptors (Lipinski definition) is 6. The van der Waals surface area contributed by atoms with Crippen LogP contribution in [0.5, 0.6) is 0 Å². The van der Waals surface area contributed by atoms with Crippen LogP contribution >= 0.6 is 0 Å². The minimum Gasteiger partial charge on any atom is -0.340 e. The third-order valence-corrected chi connectivity index (χ3v) is 5.63. The maximum atomic E-state index is 8.93. The van der Waals surface area contributed by atoms with Crippen LogP contribution in [0.3, 0.4) is 0 Å². The van der Waals surface area contributed by atoms with Gasteiger partial charge in [0.1, 0.15) is 5.82 Å². The summed E-state index contributed by atoms with van der Waals surface area (Å²) in [6.45, 7) is 7.72. The maximum Gasteiger partial charge on any atom is 0.229 e. The van der Waals surface area contributed by atoms with Crippen molar-refractivity contribution >= 4 is 23.1 Å². The van der Waals surface area contributed by atoms with Crippen molar-refractivity contribution in [1.82, 2.24) is 14.9 Å². The van der Waals surface area contributed by atoms with Crippen LogP contribution in [0, 0.1) is 25.2 Å². The van der Waals surface area contributed by atoms with Crippen molar-refractivity contribution < 1.29 is 0 Å². The molecule has 0 bridgehead atoms. The first-order chi connectivity index (χ1) is 15.1. The molecule has 3 aromatic rings. The van der Waals surface area contributed by atoms with Gasteiger partial charge in [0, 0.05) is 24.1 Å². The Bertz CT molecular complexity index is 1050. The highest BCUT2D eigenvalue weighted by atomic mass is 15.1. The summed E-state index contributed by atoms with van der Waals surface area (Å²) in [6, 6.07) is 15.8. The summed E-state index contributed by atoms with van der Waals surface area (Å²) >= 11 is 0. The van der Waals surface area contributed by atoms with E-state index in [1.807, 2.05) is 18.2 Å². The first-order valence-corrected chi connectivity index (χ1v) is 10.8. The van der Waals surface area contributed by atoms with Crippen LogP contribution in [0.2, 0.25) is 0 Å². The molecule has 4 rings (SSSR count). The minimum atomic E-state index is 0.506. The third kappa shape index (κ3) is 5.39. The lowest BCUT2D eigenvalue weighted by Crippen LogP contribution is -2.29. The monoisotopic (exact) mass is 412 g/mol. The number of likely N-dealkylation sites (tertiary alicyclic amines) is 1. The fraction of sp³-hybridized carbons (Fsp3) is 0.320. The molecular weight excluding hydrogens is 384 g/mol. The van der Waals surface area contributed by atoms with Crippen molar-refractivity contribution in [1.29, 1.82) is 5.26 Å². The van der Waals surface area contributed by atoms with Gasteiger partial charge in [0.05, 0.1) is 11.6 Å². The summed E-state index contributed by atoms with van der Waals surface area (Å²) in [5, 5.41) is 15.6. The number of nitrogens with one attached hydrogen (secondary N) is 2. The fourth-order valence-electron chi connectivity index (χ4n) is 4.09. The van der Waals surface area contributed by atoms with E-state index in [2.05, 4.69) is 57.6 Å². The van der Waals surface area contributed by atoms with Gasteiger partial charge in [-0.25, -0.2) is 4.98 Å². The molecule has 1 saturated heterocycles. The molecule has 2 N–H and O–H groups in total. The number of hydrogen-bond donors (Lipinski definition) is 2. The van der Waals surface area contributed by atoms with E-state index in [1.165, 1.54) is 49.0 Å².